The molecule has 1 N–H and O–H groups in total. The topological polar surface area (TPSA) is 51.7 Å². The third-order valence-electron chi connectivity index (χ3n) is 6.00. The van der Waals surface area contributed by atoms with Gasteiger partial charge in [-0.15, -0.1) is 0 Å². The van der Waals surface area contributed by atoms with Crippen molar-refractivity contribution in [2.24, 2.45) is 0 Å². The molecule has 0 saturated carbocycles. The number of nitrogens with zero attached hydrogens (tertiary/aromatic N) is 4. The van der Waals surface area contributed by atoms with Crippen molar-refractivity contribution in [1.29, 1.82) is 0 Å². The van der Waals surface area contributed by atoms with Gasteiger partial charge in [-0.1, -0.05) is 6.92 Å². The van der Waals surface area contributed by atoms with Crippen LogP contribution in [-0.4, -0.2) is 61.6 Å². The smallest absolute Gasteiger partial charge is 0.257 e. The zero-order valence-electron chi connectivity index (χ0n) is 17.3. The van der Waals surface area contributed by atoms with Gasteiger partial charge in [-0.25, -0.2) is 4.98 Å². The van der Waals surface area contributed by atoms with Gasteiger partial charge < -0.3 is 20.0 Å². The van der Waals surface area contributed by atoms with E-state index in [4.69, 9.17) is 0 Å². The number of pyridine rings is 1. The highest BCUT2D eigenvalue weighted by molar-refractivity contribution is 6.04. The molecular formula is C23H31N5O. The molecule has 2 aliphatic rings. The molecule has 0 spiro atoms. The monoisotopic (exact) mass is 393 g/mol. The number of benzene rings is 1. The van der Waals surface area contributed by atoms with Crippen LogP contribution in [0.15, 0.2) is 42.6 Å². The average Bonchev–Trinajstić information content (AvgIpc) is 2.80. The van der Waals surface area contributed by atoms with Crippen LogP contribution in [0.2, 0.25) is 0 Å². The number of nitrogens with one attached hydrogen (secondary N) is 1. The van der Waals surface area contributed by atoms with E-state index < -0.39 is 0 Å². The van der Waals surface area contributed by atoms with Gasteiger partial charge in [-0.2, -0.15) is 0 Å². The van der Waals surface area contributed by atoms with Crippen LogP contribution in [0.5, 0.6) is 0 Å². The fourth-order valence-electron chi connectivity index (χ4n) is 4.11. The minimum Gasteiger partial charge on any atom is -0.372 e. The van der Waals surface area contributed by atoms with E-state index in [1.54, 1.807) is 6.20 Å². The molecule has 0 bridgehead atoms. The first-order chi connectivity index (χ1) is 14.2. The predicted octanol–water partition coefficient (Wildman–Crippen LogP) is 3.47. The van der Waals surface area contributed by atoms with Crippen molar-refractivity contribution in [3.8, 4) is 0 Å². The van der Waals surface area contributed by atoms with Gasteiger partial charge in [0.15, 0.2) is 0 Å². The molecule has 29 heavy (non-hydrogen) atoms. The van der Waals surface area contributed by atoms with Gasteiger partial charge >= 0.3 is 0 Å². The maximum atomic E-state index is 12.6. The normalized spacial score (nSPS) is 18.0. The van der Waals surface area contributed by atoms with Crippen LogP contribution in [0.1, 0.15) is 36.5 Å². The first-order valence-corrected chi connectivity index (χ1v) is 10.8. The Bertz CT molecular complexity index is 791. The summed E-state index contributed by atoms with van der Waals surface area (Å²) in [6.45, 7) is 9.63. The number of anilines is 3. The van der Waals surface area contributed by atoms with Crippen LogP contribution in [0.25, 0.3) is 0 Å². The molecule has 4 rings (SSSR count). The van der Waals surface area contributed by atoms with Crippen molar-refractivity contribution in [2.45, 2.75) is 26.2 Å². The number of aromatic nitrogens is 1. The van der Waals surface area contributed by atoms with E-state index >= 15 is 0 Å². The van der Waals surface area contributed by atoms with E-state index in [2.05, 4.69) is 44.1 Å². The standard InChI is InChI=1S/C23H31N5O/c1-2-26-14-16-28(17-15-26)22-11-6-19(18-24-22)23(29)25-20-7-9-21(10-8-20)27-12-4-3-5-13-27/h6-11,18H,2-5,12-17H2,1H3,(H,25,29). The Kier molecular flexibility index (Phi) is 6.30. The van der Waals surface area contributed by atoms with Crippen LogP contribution in [0.4, 0.5) is 17.2 Å². The van der Waals surface area contributed by atoms with Crippen molar-refractivity contribution >= 4 is 23.1 Å². The Morgan fingerprint density at radius 2 is 1.62 bits per heavy atom. The van der Waals surface area contributed by atoms with Crippen molar-refractivity contribution in [3.05, 3.63) is 48.2 Å². The number of carbonyl (C=O) groups excluding carboxylic acids is 1. The van der Waals surface area contributed by atoms with Crippen molar-refractivity contribution < 1.29 is 4.79 Å². The number of carbonyl (C=O) groups is 1. The van der Waals surface area contributed by atoms with E-state index in [1.807, 2.05) is 24.3 Å². The molecule has 2 fully saturated rings. The Balaban J connectivity index is 1.33. The number of piperidine rings is 1. The van der Waals surface area contributed by atoms with E-state index in [1.165, 1.54) is 24.9 Å². The quantitative estimate of drug-likeness (QED) is 0.843. The van der Waals surface area contributed by atoms with Crippen LogP contribution in [0.3, 0.4) is 0 Å². The Labute approximate surface area is 173 Å². The fraction of sp³-hybridized carbons (Fsp3) is 0.478. The van der Waals surface area contributed by atoms with Crippen LogP contribution in [0, 0.1) is 0 Å². The molecule has 0 unspecified atom stereocenters. The van der Waals surface area contributed by atoms with Gasteiger partial charge in [0, 0.05) is 56.8 Å². The minimum absolute atomic E-state index is 0.120. The van der Waals surface area contributed by atoms with E-state index in [-0.39, 0.29) is 5.91 Å². The molecule has 0 aliphatic carbocycles. The second kappa shape index (κ2) is 9.27. The molecule has 0 atom stereocenters. The summed E-state index contributed by atoms with van der Waals surface area (Å²) in [7, 11) is 0. The molecule has 1 aromatic heterocycles. The van der Waals surface area contributed by atoms with E-state index in [0.29, 0.717) is 5.56 Å². The molecule has 2 saturated heterocycles. The number of rotatable bonds is 5. The SMILES string of the molecule is CCN1CCN(c2ccc(C(=O)Nc3ccc(N4CCCCC4)cc3)cn2)CC1. The minimum atomic E-state index is -0.120. The Morgan fingerprint density at radius 3 is 2.24 bits per heavy atom. The van der Waals surface area contributed by atoms with Crippen LogP contribution in [-0.2, 0) is 0 Å². The summed E-state index contributed by atoms with van der Waals surface area (Å²) in [5.74, 6) is 0.828. The number of likely N-dealkylation sites (N-methyl/N-ethyl adjacent to an activating group) is 1. The van der Waals surface area contributed by atoms with Crippen molar-refractivity contribution in [1.82, 2.24) is 9.88 Å². The van der Waals surface area contributed by atoms with Crippen molar-refractivity contribution in [3.63, 3.8) is 0 Å². The lowest BCUT2D eigenvalue weighted by atomic mass is 10.1. The lowest BCUT2D eigenvalue weighted by Gasteiger charge is -2.34. The predicted molar refractivity (Wildman–Crippen MR) is 119 cm³/mol. The van der Waals surface area contributed by atoms with Crippen LogP contribution < -0.4 is 15.1 Å². The summed E-state index contributed by atoms with van der Waals surface area (Å²) in [4.78, 5) is 24.3. The highest BCUT2D eigenvalue weighted by atomic mass is 16.1. The summed E-state index contributed by atoms with van der Waals surface area (Å²) >= 11 is 0. The van der Waals surface area contributed by atoms with Gasteiger partial charge in [0.25, 0.3) is 5.91 Å². The van der Waals surface area contributed by atoms with E-state index in [9.17, 15) is 4.79 Å². The summed E-state index contributed by atoms with van der Waals surface area (Å²) in [6.07, 6.45) is 5.52. The van der Waals surface area contributed by atoms with Gasteiger partial charge in [-0.05, 0) is 62.2 Å². The largest absolute Gasteiger partial charge is 0.372 e. The number of amides is 1. The first-order valence-electron chi connectivity index (χ1n) is 10.8. The maximum absolute atomic E-state index is 12.6. The lowest BCUT2D eigenvalue weighted by molar-refractivity contribution is 0.102. The van der Waals surface area contributed by atoms with E-state index in [0.717, 1.165) is 57.3 Å². The fourth-order valence-corrected chi connectivity index (χ4v) is 4.11. The lowest BCUT2D eigenvalue weighted by Crippen LogP contribution is -2.46. The highest BCUT2D eigenvalue weighted by Crippen LogP contribution is 2.22. The van der Waals surface area contributed by atoms with Crippen LogP contribution >= 0.6 is 0 Å². The molecule has 1 amide bonds. The molecule has 3 heterocycles. The third-order valence-corrected chi connectivity index (χ3v) is 6.00. The summed E-state index contributed by atoms with van der Waals surface area (Å²) < 4.78 is 0. The number of hydrogen-bond acceptors (Lipinski definition) is 5. The average molecular weight is 394 g/mol. The molecule has 2 aromatic rings. The van der Waals surface area contributed by atoms with Gasteiger partial charge in [0.05, 0.1) is 5.56 Å². The first kappa shape index (κ1) is 19.7. The summed E-state index contributed by atoms with van der Waals surface area (Å²) in [6, 6.07) is 12.0. The van der Waals surface area contributed by atoms with Gasteiger partial charge in [0.2, 0.25) is 0 Å². The molecule has 6 nitrogen and oxygen atoms in total. The zero-order chi connectivity index (χ0) is 20.1. The Morgan fingerprint density at radius 1 is 0.897 bits per heavy atom. The van der Waals surface area contributed by atoms with Gasteiger partial charge in [-0.3, -0.25) is 4.79 Å². The molecule has 6 heteroatoms. The molecule has 2 aliphatic heterocycles. The number of hydrogen-bond donors (Lipinski definition) is 1. The summed E-state index contributed by atoms with van der Waals surface area (Å²) in [5.41, 5.74) is 2.63. The Hall–Kier alpha value is -2.60. The second-order valence-corrected chi connectivity index (χ2v) is 7.88. The van der Waals surface area contributed by atoms with Crippen molar-refractivity contribution in [2.75, 3.05) is 60.9 Å². The molecular weight excluding hydrogens is 362 g/mol. The zero-order valence-corrected chi connectivity index (χ0v) is 17.3. The second-order valence-electron chi connectivity index (χ2n) is 7.88. The summed E-state index contributed by atoms with van der Waals surface area (Å²) in [5, 5.41) is 2.98. The maximum Gasteiger partial charge on any atom is 0.257 e. The molecule has 0 radical (unpaired) electrons. The molecule has 1 aromatic carbocycles. The molecule has 154 valence electrons. The highest BCUT2D eigenvalue weighted by Gasteiger charge is 2.17. The third kappa shape index (κ3) is 4.88. The number of piperazine rings is 1. The van der Waals surface area contributed by atoms with Gasteiger partial charge in [0.1, 0.15) is 5.82 Å².